The highest BCUT2D eigenvalue weighted by Crippen LogP contribution is 2.18. The molecule has 27 heavy (non-hydrogen) atoms. The van der Waals surface area contributed by atoms with Gasteiger partial charge in [0.15, 0.2) is 0 Å². The van der Waals surface area contributed by atoms with E-state index in [4.69, 9.17) is 5.10 Å². The maximum Gasteiger partial charge on any atom is 0.320 e. The molecule has 2 aliphatic heterocycles. The summed E-state index contributed by atoms with van der Waals surface area (Å²) >= 11 is 0. The average molecular weight is 368 g/mol. The van der Waals surface area contributed by atoms with Gasteiger partial charge >= 0.3 is 6.03 Å². The van der Waals surface area contributed by atoms with Crippen LogP contribution in [-0.4, -0.2) is 62.2 Å². The molecule has 0 unspecified atom stereocenters. The fourth-order valence-corrected chi connectivity index (χ4v) is 4.01. The second-order valence-electron chi connectivity index (χ2n) is 7.64. The minimum Gasteiger partial charge on any atom is -0.325 e. The van der Waals surface area contributed by atoms with Crippen LogP contribution in [-0.2, 0) is 26.2 Å². The lowest BCUT2D eigenvalue weighted by Crippen LogP contribution is -2.41. The number of pyridine rings is 1. The number of fused-ring (bicyclic) bond motifs is 1. The van der Waals surface area contributed by atoms with Crippen molar-refractivity contribution in [3.8, 4) is 0 Å². The van der Waals surface area contributed by atoms with Crippen molar-refractivity contribution in [3.05, 3.63) is 47.5 Å². The molecule has 0 atom stereocenters. The maximum absolute atomic E-state index is 12.8. The van der Waals surface area contributed by atoms with Crippen LogP contribution in [0.1, 0.15) is 36.2 Å². The topological polar surface area (TPSA) is 57.5 Å². The summed E-state index contributed by atoms with van der Waals surface area (Å²) in [5.74, 6) is 0. The van der Waals surface area contributed by atoms with Crippen LogP contribution in [0.4, 0.5) is 4.79 Å². The molecule has 1 saturated heterocycles. The number of nitrogens with zero attached hydrogens (tertiary/aromatic N) is 6. The number of hydrogen-bond donors (Lipinski definition) is 0. The van der Waals surface area contributed by atoms with Crippen molar-refractivity contribution in [1.82, 2.24) is 29.5 Å². The number of aryl methyl sites for hydroxylation is 1. The van der Waals surface area contributed by atoms with E-state index in [2.05, 4.69) is 33.7 Å². The molecule has 0 N–H and O–H groups in total. The van der Waals surface area contributed by atoms with Gasteiger partial charge in [0, 0.05) is 51.7 Å². The third-order valence-corrected chi connectivity index (χ3v) is 5.32. The number of urea groups is 1. The van der Waals surface area contributed by atoms with Crippen LogP contribution in [0.25, 0.3) is 0 Å². The summed E-state index contributed by atoms with van der Waals surface area (Å²) in [7, 11) is 2.10. The van der Waals surface area contributed by atoms with E-state index in [-0.39, 0.29) is 6.03 Å². The number of carbonyl (C=O) groups is 1. The predicted molar refractivity (Wildman–Crippen MR) is 103 cm³/mol. The number of likely N-dealkylation sites (tertiary alicyclic amines) is 1. The van der Waals surface area contributed by atoms with E-state index >= 15 is 0 Å². The molecule has 4 heterocycles. The molecule has 0 saturated carbocycles. The first-order valence-corrected chi connectivity index (χ1v) is 9.86. The van der Waals surface area contributed by atoms with Gasteiger partial charge in [-0.05, 0) is 44.0 Å². The van der Waals surface area contributed by atoms with Gasteiger partial charge < -0.3 is 9.80 Å². The van der Waals surface area contributed by atoms with Gasteiger partial charge in [0.25, 0.3) is 0 Å². The molecule has 1 fully saturated rings. The molecule has 2 amide bonds. The quantitative estimate of drug-likeness (QED) is 0.831. The Kier molecular flexibility index (Phi) is 5.38. The van der Waals surface area contributed by atoms with Gasteiger partial charge in [-0.15, -0.1) is 0 Å². The Morgan fingerprint density at radius 1 is 1.11 bits per heavy atom. The Hall–Kier alpha value is -2.41. The highest BCUT2D eigenvalue weighted by molar-refractivity contribution is 5.74. The van der Waals surface area contributed by atoms with Crippen molar-refractivity contribution in [3.63, 3.8) is 0 Å². The van der Waals surface area contributed by atoms with Crippen molar-refractivity contribution in [2.75, 3.05) is 26.7 Å². The molecule has 7 nitrogen and oxygen atoms in total. The summed E-state index contributed by atoms with van der Waals surface area (Å²) in [4.78, 5) is 23.2. The van der Waals surface area contributed by atoms with E-state index in [1.807, 2.05) is 22.1 Å². The summed E-state index contributed by atoms with van der Waals surface area (Å²) < 4.78 is 2.09. The molecule has 144 valence electrons. The van der Waals surface area contributed by atoms with Crippen molar-refractivity contribution >= 4 is 6.03 Å². The van der Waals surface area contributed by atoms with Crippen molar-refractivity contribution < 1.29 is 4.79 Å². The molecule has 4 rings (SSSR count). The number of hydrogen-bond acceptors (Lipinski definition) is 4. The number of aromatic nitrogens is 3. The third kappa shape index (κ3) is 4.30. The van der Waals surface area contributed by atoms with Crippen LogP contribution in [0.2, 0.25) is 0 Å². The van der Waals surface area contributed by atoms with Gasteiger partial charge in [0.2, 0.25) is 0 Å². The van der Waals surface area contributed by atoms with Crippen molar-refractivity contribution in [2.45, 2.75) is 45.4 Å². The van der Waals surface area contributed by atoms with Gasteiger partial charge in [-0.3, -0.25) is 14.6 Å². The Bertz CT molecular complexity index is 768. The zero-order valence-electron chi connectivity index (χ0n) is 16.0. The zero-order chi connectivity index (χ0) is 18.6. The first-order chi connectivity index (χ1) is 13.2. The highest BCUT2D eigenvalue weighted by atomic mass is 16.2. The lowest BCUT2D eigenvalue weighted by molar-refractivity contribution is 0.160. The SMILES string of the molecule is CN(Cc1cccnc1)Cc1cc2n(n1)CCCN(C(=O)N1CCCC1)C2. The number of carbonyl (C=O) groups excluding carboxylic acids is 1. The lowest BCUT2D eigenvalue weighted by Gasteiger charge is -2.26. The van der Waals surface area contributed by atoms with Crippen LogP contribution >= 0.6 is 0 Å². The van der Waals surface area contributed by atoms with Crippen LogP contribution in [0.15, 0.2) is 30.6 Å². The minimum atomic E-state index is 0.192. The first-order valence-electron chi connectivity index (χ1n) is 9.86. The standard InChI is InChI=1S/C20H28N6O/c1-23(14-17-6-4-7-21-13-17)15-18-12-19-16-25(10-5-11-26(19)22-18)20(27)24-8-2-3-9-24/h4,6-7,12-13H,2-3,5,8-11,14-16H2,1H3. The second kappa shape index (κ2) is 8.08. The maximum atomic E-state index is 12.8. The largest absolute Gasteiger partial charge is 0.325 e. The lowest BCUT2D eigenvalue weighted by atomic mass is 10.2. The van der Waals surface area contributed by atoms with Crippen LogP contribution in [0, 0.1) is 0 Å². The second-order valence-corrected chi connectivity index (χ2v) is 7.64. The van der Waals surface area contributed by atoms with E-state index in [1.165, 1.54) is 5.56 Å². The number of rotatable bonds is 4. The summed E-state index contributed by atoms with van der Waals surface area (Å²) in [6.07, 6.45) is 6.92. The van der Waals surface area contributed by atoms with E-state index in [9.17, 15) is 4.79 Å². The molecule has 0 aliphatic carbocycles. The zero-order valence-corrected chi connectivity index (χ0v) is 16.0. The number of amides is 2. The highest BCUT2D eigenvalue weighted by Gasteiger charge is 2.26. The first kappa shape index (κ1) is 18.0. The van der Waals surface area contributed by atoms with Gasteiger partial charge in [-0.25, -0.2) is 4.79 Å². The molecule has 0 radical (unpaired) electrons. The minimum absolute atomic E-state index is 0.192. The van der Waals surface area contributed by atoms with Crippen LogP contribution in [0.3, 0.4) is 0 Å². The summed E-state index contributed by atoms with van der Waals surface area (Å²) in [5.41, 5.74) is 3.40. The fraction of sp³-hybridized carbons (Fsp3) is 0.550. The monoisotopic (exact) mass is 368 g/mol. The Morgan fingerprint density at radius 3 is 2.70 bits per heavy atom. The molecular formula is C20H28N6O. The molecule has 2 aliphatic rings. The molecule has 2 aromatic rings. The van der Waals surface area contributed by atoms with Gasteiger partial charge in [-0.2, -0.15) is 5.10 Å². The molecule has 7 heteroatoms. The summed E-state index contributed by atoms with van der Waals surface area (Å²) in [5, 5.41) is 4.79. The average Bonchev–Trinajstić information content (AvgIpc) is 3.28. The van der Waals surface area contributed by atoms with E-state index in [0.717, 1.165) is 69.9 Å². The van der Waals surface area contributed by atoms with Gasteiger partial charge in [0.1, 0.15) is 0 Å². The van der Waals surface area contributed by atoms with Crippen molar-refractivity contribution in [2.24, 2.45) is 0 Å². The van der Waals surface area contributed by atoms with E-state index < -0.39 is 0 Å². The van der Waals surface area contributed by atoms with Gasteiger partial charge in [-0.1, -0.05) is 6.07 Å². The Labute approximate surface area is 160 Å². The Morgan fingerprint density at radius 2 is 1.93 bits per heavy atom. The summed E-state index contributed by atoms with van der Waals surface area (Å²) in [6, 6.07) is 6.41. The predicted octanol–water partition coefficient (Wildman–Crippen LogP) is 2.33. The molecule has 0 aromatic carbocycles. The summed E-state index contributed by atoms with van der Waals surface area (Å²) in [6.45, 7) is 5.79. The molecule has 2 aromatic heterocycles. The van der Waals surface area contributed by atoms with E-state index in [0.29, 0.717) is 6.54 Å². The van der Waals surface area contributed by atoms with Gasteiger partial charge in [0.05, 0.1) is 17.9 Å². The smallest absolute Gasteiger partial charge is 0.320 e. The van der Waals surface area contributed by atoms with Crippen LogP contribution in [0.5, 0.6) is 0 Å². The van der Waals surface area contributed by atoms with Crippen molar-refractivity contribution in [1.29, 1.82) is 0 Å². The molecular weight excluding hydrogens is 340 g/mol. The van der Waals surface area contributed by atoms with Crippen LogP contribution < -0.4 is 0 Å². The Balaban J connectivity index is 1.40. The van der Waals surface area contributed by atoms with E-state index in [1.54, 1.807) is 6.20 Å². The fourth-order valence-electron chi connectivity index (χ4n) is 4.01. The molecule has 0 spiro atoms. The third-order valence-electron chi connectivity index (χ3n) is 5.32. The normalized spacial score (nSPS) is 17.3. The molecule has 0 bridgehead atoms.